The van der Waals surface area contributed by atoms with Crippen LogP contribution in [0, 0.1) is 5.92 Å². The van der Waals surface area contributed by atoms with E-state index < -0.39 is 62.6 Å². The predicted octanol–water partition coefficient (Wildman–Crippen LogP) is 5.72. The number of carbonyl (C=O) groups excluding carboxylic acids is 4. The molecule has 1 aromatic heterocycles. The lowest BCUT2D eigenvalue weighted by Gasteiger charge is -2.30. The first-order valence-corrected chi connectivity index (χ1v) is 22.7. The first-order chi connectivity index (χ1) is 28.5. The number of rotatable bonds is 5. The second kappa shape index (κ2) is 17.2. The van der Waals surface area contributed by atoms with Crippen LogP contribution in [0.3, 0.4) is 0 Å². The minimum Gasteiger partial charge on any atom is -0.496 e. The molecule has 5 atom stereocenters. The van der Waals surface area contributed by atoms with E-state index in [1.807, 2.05) is 66.8 Å². The summed E-state index contributed by atoms with van der Waals surface area (Å²) in [6, 6.07) is 13.5. The number of allylic oxidation sites excluding steroid dienone is 2. The van der Waals surface area contributed by atoms with Gasteiger partial charge in [-0.15, -0.1) is 0 Å². The first-order valence-electron chi connectivity index (χ1n) is 21.1. The van der Waals surface area contributed by atoms with Crippen molar-refractivity contribution in [2.24, 2.45) is 5.92 Å². The molecule has 4 heterocycles. The molecule has 14 heteroatoms. The summed E-state index contributed by atoms with van der Waals surface area (Å²) in [6.07, 6.45) is 15.5. The lowest BCUT2D eigenvalue weighted by molar-refractivity contribution is -0.142. The van der Waals surface area contributed by atoms with Crippen molar-refractivity contribution in [2.45, 2.75) is 119 Å². The van der Waals surface area contributed by atoms with E-state index in [4.69, 9.17) is 14.5 Å². The highest BCUT2D eigenvalue weighted by molar-refractivity contribution is 7.91. The van der Waals surface area contributed by atoms with Crippen LogP contribution >= 0.6 is 0 Å². The quantitative estimate of drug-likeness (QED) is 0.272. The summed E-state index contributed by atoms with van der Waals surface area (Å²) in [6.45, 7) is 0.0370. The number of carbonyl (C=O) groups is 4. The molecular formula is C45H53N5O8S. The molecule has 3 aromatic rings. The number of methoxy groups -OCH3 is 1. The van der Waals surface area contributed by atoms with Gasteiger partial charge in [0.1, 0.15) is 35.2 Å². The van der Waals surface area contributed by atoms with E-state index in [-0.39, 0.29) is 31.7 Å². The molecule has 0 radical (unpaired) electrons. The predicted molar refractivity (Wildman–Crippen MR) is 224 cm³/mol. The van der Waals surface area contributed by atoms with Crippen molar-refractivity contribution >= 4 is 50.6 Å². The van der Waals surface area contributed by atoms with E-state index in [1.54, 1.807) is 7.11 Å². The fourth-order valence-corrected chi connectivity index (χ4v) is 9.99. The van der Waals surface area contributed by atoms with Gasteiger partial charge in [-0.3, -0.25) is 23.9 Å². The molecule has 4 amide bonds. The minimum atomic E-state index is -3.89. The van der Waals surface area contributed by atoms with Crippen molar-refractivity contribution in [3.8, 4) is 22.8 Å². The van der Waals surface area contributed by atoms with Gasteiger partial charge in [0.15, 0.2) is 0 Å². The van der Waals surface area contributed by atoms with Gasteiger partial charge in [-0.1, -0.05) is 73.9 Å². The van der Waals surface area contributed by atoms with Crippen LogP contribution in [-0.2, 0) is 29.2 Å². The highest BCUT2D eigenvalue weighted by atomic mass is 32.2. The summed E-state index contributed by atoms with van der Waals surface area (Å²) in [5.41, 5.74) is 1.54. The van der Waals surface area contributed by atoms with Gasteiger partial charge in [0.25, 0.3) is 5.91 Å². The Labute approximate surface area is 345 Å². The Balaban J connectivity index is 1.18. The van der Waals surface area contributed by atoms with Crippen LogP contribution < -0.4 is 24.8 Å². The normalized spacial score (nSPS) is 28.0. The number of sulfonamides is 1. The fourth-order valence-electron chi connectivity index (χ4n) is 8.63. The zero-order valence-electron chi connectivity index (χ0n) is 33.5. The molecule has 0 unspecified atom stereocenters. The van der Waals surface area contributed by atoms with Crippen molar-refractivity contribution in [1.82, 2.24) is 25.2 Å². The zero-order chi connectivity index (χ0) is 41.1. The first kappa shape index (κ1) is 40.5. The van der Waals surface area contributed by atoms with Crippen LogP contribution in [0.15, 0.2) is 66.8 Å². The van der Waals surface area contributed by atoms with Gasteiger partial charge in [0.2, 0.25) is 27.7 Å². The number of hydrogen-bond donors (Lipinski definition) is 3. The number of nitrogens with zero attached hydrogens (tertiary/aromatic N) is 2. The van der Waals surface area contributed by atoms with Gasteiger partial charge in [-0.05, 0) is 63.9 Å². The lowest BCUT2D eigenvalue weighted by Crippen LogP contribution is -2.58. The average molecular weight is 824 g/mol. The number of amides is 4. The number of fused-ring (bicyclic) bond motifs is 4. The van der Waals surface area contributed by atoms with E-state index in [9.17, 15) is 27.6 Å². The fraction of sp³-hybridized carbons (Fsp3) is 0.489. The third kappa shape index (κ3) is 9.02. The van der Waals surface area contributed by atoms with Gasteiger partial charge >= 0.3 is 0 Å². The molecule has 3 fully saturated rings. The molecule has 2 aromatic carbocycles. The Hall–Kier alpha value is -5.24. The molecular weight excluding hydrogens is 771 g/mol. The summed E-state index contributed by atoms with van der Waals surface area (Å²) >= 11 is 0. The molecule has 13 nitrogen and oxygen atoms in total. The SMILES string of the molecule is COc1cc2nc(-c3ccccc3)cc3c2cc1/C=C/CCCCCC(=O)N[C@H]1CCCCC/C=C\[C@H]2C[C@@]2(C(=O)NS(=O)(=O)C2CC2)NC(=O)[C@@H]2C[C@H](CN2C1=O)O3. The van der Waals surface area contributed by atoms with Crippen LogP contribution in [0.2, 0.25) is 0 Å². The van der Waals surface area contributed by atoms with Crippen LogP contribution in [-0.4, -0.2) is 84.6 Å². The van der Waals surface area contributed by atoms with E-state index >= 15 is 0 Å². The Morgan fingerprint density at radius 1 is 0.966 bits per heavy atom. The molecule has 3 N–H and O–H groups in total. The van der Waals surface area contributed by atoms with Gasteiger partial charge < -0.3 is 25.0 Å². The van der Waals surface area contributed by atoms with Gasteiger partial charge in [-0.2, -0.15) is 0 Å². The molecule has 1 saturated heterocycles. The topological polar surface area (TPSA) is 173 Å². The Kier molecular flexibility index (Phi) is 11.8. The molecule has 3 aliphatic heterocycles. The molecule has 8 rings (SSSR count). The van der Waals surface area contributed by atoms with E-state index in [2.05, 4.69) is 21.4 Å². The molecule has 0 spiro atoms. The minimum absolute atomic E-state index is 0.0370. The molecule has 59 heavy (non-hydrogen) atoms. The van der Waals surface area contributed by atoms with Crippen molar-refractivity contribution < 1.29 is 37.1 Å². The summed E-state index contributed by atoms with van der Waals surface area (Å²) < 4.78 is 40.8. The number of aromatic nitrogens is 1. The standard InChI is InChI=1S/C45H53N5O8S/c1-57-39-26-37-34-23-30(39)17-9-4-2-7-14-20-41(51)47-35-19-13-6-3-5-12-18-31-27-45(31,44(54)49-59(55,56)33-21-22-33)48-42(52)38-24-32(28-50(38)43(35)53)58-40(34)25-36(46-37)29-15-10-8-11-16-29/h8-12,15-18,23,25-26,31-33,35,38H,2-7,13-14,19-22,24,27-28H2,1H3,(H,47,51)(H,48,52)(H,49,54)/b17-9+,18-12-/t31-,32+,35-,38-,45+/m0/s1. The van der Waals surface area contributed by atoms with Gasteiger partial charge in [-0.25, -0.2) is 13.4 Å². The highest BCUT2D eigenvalue weighted by Crippen LogP contribution is 2.46. The van der Waals surface area contributed by atoms with Crippen LogP contribution in [0.5, 0.6) is 11.5 Å². The molecule has 5 aliphatic rings. The number of hydrogen-bond acceptors (Lipinski definition) is 9. The smallest absolute Gasteiger partial charge is 0.259 e. The third-order valence-corrected chi connectivity index (χ3v) is 14.1. The number of nitrogens with one attached hydrogen (secondary N) is 3. The molecule has 5 bridgehead atoms. The molecule has 2 aliphatic carbocycles. The van der Waals surface area contributed by atoms with Crippen molar-refractivity contribution in [1.29, 1.82) is 0 Å². The molecule has 2 saturated carbocycles. The number of benzene rings is 2. The van der Waals surface area contributed by atoms with Crippen LogP contribution in [0.4, 0.5) is 0 Å². The summed E-state index contributed by atoms with van der Waals surface area (Å²) in [7, 11) is -2.27. The van der Waals surface area contributed by atoms with Crippen molar-refractivity contribution in [2.75, 3.05) is 13.7 Å². The Morgan fingerprint density at radius 3 is 2.53 bits per heavy atom. The Morgan fingerprint density at radius 2 is 1.75 bits per heavy atom. The lowest BCUT2D eigenvalue weighted by atomic mass is 10.0. The largest absolute Gasteiger partial charge is 0.496 e. The maximum Gasteiger partial charge on any atom is 0.259 e. The maximum atomic E-state index is 14.7. The monoisotopic (exact) mass is 823 g/mol. The average Bonchev–Trinajstić information content (AvgIpc) is 4.15. The number of ether oxygens (including phenoxy) is 2. The Bertz CT molecular complexity index is 2280. The van der Waals surface area contributed by atoms with E-state index in [0.717, 1.165) is 55.0 Å². The summed E-state index contributed by atoms with van der Waals surface area (Å²) in [5.74, 6) is -1.20. The number of pyridine rings is 1. The third-order valence-electron chi connectivity index (χ3n) is 12.2. The van der Waals surface area contributed by atoms with Gasteiger partial charge in [0.05, 0.1) is 30.1 Å². The maximum absolute atomic E-state index is 14.7. The van der Waals surface area contributed by atoms with Crippen molar-refractivity contribution in [3.05, 3.63) is 72.3 Å². The van der Waals surface area contributed by atoms with E-state index in [1.165, 1.54) is 4.90 Å². The zero-order valence-corrected chi connectivity index (χ0v) is 34.3. The summed E-state index contributed by atoms with van der Waals surface area (Å²) in [4.78, 5) is 63.1. The van der Waals surface area contributed by atoms with Crippen LogP contribution in [0.25, 0.3) is 28.2 Å². The summed E-state index contributed by atoms with van der Waals surface area (Å²) in [5, 5.41) is 6.07. The second-order valence-corrected chi connectivity index (χ2v) is 18.6. The molecule has 312 valence electrons. The second-order valence-electron chi connectivity index (χ2n) is 16.6. The van der Waals surface area contributed by atoms with Crippen molar-refractivity contribution in [3.63, 3.8) is 0 Å². The van der Waals surface area contributed by atoms with E-state index in [0.29, 0.717) is 54.8 Å². The van der Waals surface area contributed by atoms with Gasteiger partial charge in [0, 0.05) is 47.4 Å². The highest BCUT2D eigenvalue weighted by Gasteiger charge is 2.62. The van der Waals surface area contributed by atoms with Crippen LogP contribution in [0.1, 0.15) is 95.5 Å².